The van der Waals surface area contributed by atoms with Crippen LogP contribution in [0.15, 0.2) is 24.3 Å². The Morgan fingerprint density at radius 1 is 0.618 bits per heavy atom. The van der Waals surface area contributed by atoms with Gasteiger partial charge in [0.2, 0.25) is 0 Å². The molecular formula is C32H56O2. The topological polar surface area (TPSA) is 18.5 Å². The van der Waals surface area contributed by atoms with E-state index in [0.717, 1.165) is 13.2 Å². The van der Waals surface area contributed by atoms with E-state index in [0.29, 0.717) is 11.8 Å². The molecule has 0 N–H and O–H groups in total. The molecule has 0 spiro atoms. The maximum Gasteiger partial charge on any atom is 0.183 e. The number of unbranched alkanes of at least 4 members (excludes halogenated alkanes) is 12. The molecule has 1 aromatic rings. The standard InChI is InChI=1S/C32H56O2/c1-4-7-9-11-12-13-14-15-16-17-20-28-26-33-32(34-27-28)31-24-22-30(23-25-31)29(19-6-3)21-18-10-8-5-2/h22-25,28-29,32H,4-21,26-27H2,1-3H3. The molecular weight excluding hydrogens is 416 g/mol. The van der Waals surface area contributed by atoms with Crippen molar-refractivity contribution >= 4 is 0 Å². The minimum atomic E-state index is -0.174. The molecule has 0 radical (unpaired) electrons. The van der Waals surface area contributed by atoms with Crippen LogP contribution in [0.2, 0.25) is 0 Å². The third-order valence-electron chi connectivity index (χ3n) is 7.66. The lowest BCUT2D eigenvalue weighted by Crippen LogP contribution is -2.27. The first-order valence-corrected chi connectivity index (χ1v) is 15.1. The molecule has 2 heteroatoms. The van der Waals surface area contributed by atoms with E-state index in [2.05, 4.69) is 45.0 Å². The Balaban J connectivity index is 1.60. The summed E-state index contributed by atoms with van der Waals surface area (Å²) >= 11 is 0. The van der Waals surface area contributed by atoms with Crippen LogP contribution in [0.3, 0.4) is 0 Å². The van der Waals surface area contributed by atoms with Gasteiger partial charge in [-0.1, -0.05) is 141 Å². The summed E-state index contributed by atoms with van der Waals surface area (Å²) in [5, 5.41) is 0. The molecule has 2 rings (SSSR count). The van der Waals surface area contributed by atoms with Gasteiger partial charge in [0.1, 0.15) is 0 Å². The van der Waals surface area contributed by atoms with Crippen molar-refractivity contribution in [3.05, 3.63) is 35.4 Å². The number of ether oxygens (including phenoxy) is 2. The molecule has 196 valence electrons. The molecule has 1 heterocycles. The Hall–Kier alpha value is -0.860. The lowest BCUT2D eigenvalue weighted by atomic mass is 9.89. The minimum absolute atomic E-state index is 0.174. The van der Waals surface area contributed by atoms with Crippen LogP contribution in [0.1, 0.15) is 160 Å². The van der Waals surface area contributed by atoms with Crippen LogP contribution < -0.4 is 0 Å². The van der Waals surface area contributed by atoms with Gasteiger partial charge in [-0.05, 0) is 30.7 Å². The predicted molar refractivity (Wildman–Crippen MR) is 147 cm³/mol. The van der Waals surface area contributed by atoms with Crippen LogP contribution in [-0.4, -0.2) is 13.2 Å². The van der Waals surface area contributed by atoms with Crippen molar-refractivity contribution in [2.24, 2.45) is 5.92 Å². The van der Waals surface area contributed by atoms with Gasteiger partial charge in [-0.25, -0.2) is 0 Å². The monoisotopic (exact) mass is 472 g/mol. The Morgan fingerprint density at radius 2 is 1.15 bits per heavy atom. The second-order valence-corrected chi connectivity index (χ2v) is 10.8. The summed E-state index contributed by atoms with van der Waals surface area (Å²) in [7, 11) is 0. The van der Waals surface area contributed by atoms with E-state index in [1.54, 1.807) is 0 Å². The molecule has 0 amide bonds. The lowest BCUT2D eigenvalue weighted by molar-refractivity contribution is -0.206. The zero-order valence-electron chi connectivity index (χ0n) is 23.0. The second kappa shape index (κ2) is 19.3. The molecule has 1 unspecified atom stereocenters. The normalized spacial score (nSPS) is 19.4. The molecule has 1 atom stereocenters. The first kappa shape index (κ1) is 29.4. The summed E-state index contributed by atoms with van der Waals surface area (Å²) in [4.78, 5) is 0. The van der Waals surface area contributed by atoms with Crippen molar-refractivity contribution in [3.63, 3.8) is 0 Å². The van der Waals surface area contributed by atoms with E-state index in [-0.39, 0.29) is 6.29 Å². The number of hydrogen-bond donors (Lipinski definition) is 0. The van der Waals surface area contributed by atoms with Crippen LogP contribution in [0.4, 0.5) is 0 Å². The first-order chi connectivity index (χ1) is 16.8. The van der Waals surface area contributed by atoms with E-state index >= 15 is 0 Å². The highest BCUT2D eigenvalue weighted by Gasteiger charge is 2.23. The molecule has 1 saturated heterocycles. The summed E-state index contributed by atoms with van der Waals surface area (Å²) in [6.45, 7) is 8.58. The highest BCUT2D eigenvalue weighted by Crippen LogP contribution is 2.31. The summed E-state index contributed by atoms with van der Waals surface area (Å²) < 4.78 is 12.3. The van der Waals surface area contributed by atoms with E-state index in [9.17, 15) is 0 Å². The van der Waals surface area contributed by atoms with Gasteiger partial charge in [-0.2, -0.15) is 0 Å². The third-order valence-corrected chi connectivity index (χ3v) is 7.66. The largest absolute Gasteiger partial charge is 0.348 e. The van der Waals surface area contributed by atoms with Crippen LogP contribution in [0.25, 0.3) is 0 Å². The van der Waals surface area contributed by atoms with Gasteiger partial charge in [-0.15, -0.1) is 0 Å². The lowest BCUT2D eigenvalue weighted by Gasteiger charge is -2.30. The van der Waals surface area contributed by atoms with Gasteiger partial charge < -0.3 is 9.47 Å². The van der Waals surface area contributed by atoms with E-state index < -0.39 is 0 Å². The molecule has 34 heavy (non-hydrogen) atoms. The van der Waals surface area contributed by atoms with Gasteiger partial charge in [0, 0.05) is 11.5 Å². The van der Waals surface area contributed by atoms with Crippen LogP contribution in [-0.2, 0) is 9.47 Å². The summed E-state index contributed by atoms with van der Waals surface area (Å²) in [5.74, 6) is 1.27. The maximum absolute atomic E-state index is 6.14. The molecule has 0 aromatic heterocycles. The van der Waals surface area contributed by atoms with E-state index in [1.165, 1.54) is 127 Å². The summed E-state index contributed by atoms with van der Waals surface area (Å²) in [6, 6.07) is 9.16. The molecule has 1 aromatic carbocycles. The Morgan fingerprint density at radius 3 is 1.71 bits per heavy atom. The zero-order chi connectivity index (χ0) is 24.3. The van der Waals surface area contributed by atoms with Crippen molar-refractivity contribution in [1.29, 1.82) is 0 Å². The van der Waals surface area contributed by atoms with Crippen LogP contribution in [0.5, 0.6) is 0 Å². The number of benzene rings is 1. The maximum atomic E-state index is 6.14. The van der Waals surface area contributed by atoms with Gasteiger partial charge in [0.05, 0.1) is 13.2 Å². The smallest absolute Gasteiger partial charge is 0.183 e. The summed E-state index contributed by atoms with van der Waals surface area (Å²) in [5.41, 5.74) is 2.68. The average Bonchev–Trinajstić information content (AvgIpc) is 2.87. The molecule has 1 aliphatic heterocycles. The van der Waals surface area contributed by atoms with Gasteiger partial charge in [0.15, 0.2) is 6.29 Å². The van der Waals surface area contributed by atoms with Crippen LogP contribution in [0, 0.1) is 5.92 Å². The highest BCUT2D eigenvalue weighted by molar-refractivity contribution is 5.26. The minimum Gasteiger partial charge on any atom is -0.348 e. The van der Waals surface area contributed by atoms with Crippen LogP contribution >= 0.6 is 0 Å². The predicted octanol–water partition coefficient (Wildman–Crippen LogP) is 10.5. The average molecular weight is 473 g/mol. The van der Waals surface area contributed by atoms with Gasteiger partial charge in [-0.3, -0.25) is 0 Å². The quantitative estimate of drug-likeness (QED) is 0.176. The zero-order valence-corrected chi connectivity index (χ0v) is 23.0. The highest BCUT2D eigenvalue weighted by atomic mass is 16.7. The van der Waals surface area contributed by atoms with Gasteiger partial charge in [0.25, 0.3) is 0 Å². The second-order valence-electron chi connectivity index (χ2n) is 10.8. The fourth-order valence-corrected chi connectivity index (χ4v) is 5.39. The fourth-order valence-electron chi connectivity index (χ4n) is 5.39. The van der Waals surface area contributed by atoms with Gasteiger partial charge >= 0.3 is 0 Å². The fraction of sp³-hybridized carbons (Fsp3) is 0.812. The summed E-state index contributed by atoms with van der Waals surface area (Å²) in [6.07, 6.45) is 24.4. The molecule has 1 aliphatic rings. The number of hydrogen-bond acceptors (Lipinski definition) is 2. The molecule has 1 fully saturated rings. The Kier molecular flexibility index (Phi) is 16.7. The molecule has 0 aliphatic carbocycles. The van der Waals surface area contributed by atoms with E-state index in [4.69, 9.17) is 9.47 Å². The third kappa shape index (κ3) is 12.2. The van der Waals surface area contributed by atoms with E-state index in [1.807, 2.05) is 0 Å². The molecule has 0 saturated carbocycles. The number of rotatable bonds is 20. The molecule has 2 nitrogen and oxygen atoms in total. The Labute approximate surface area is 212 Å². The van der Waals surface area contributed by atoms with Crippen molar-refractivity contribution in [1.82, 2.24) is 0 Å². The van der Waals surface area contributed by atoms with Crippen molar-refractivity contribution in [2.45, 2.75) is 149 Å². The van der Waals surface area contributed by atoms with Crippen molar-refractivity contribution in [3.8, 4) is 0 Å². The Bertz CT molecular complexity index is 573. The van der Waals surface area contributed by atoms with Crippen molar-refractivity contribution < 1.29 is 9.47 Å². The SMILES string of the molecule is CCCCCCCCCCCCC1COC(c2ccc(C(CCC)CCCCCC)cc2)OC1. The van der Waals surface area contributed by atoms with Crippen molar-refractivity contribution in [2.75, 3.05) is 13.2 Å². The molecule has 0 bridgehead atoms. The first-order valence-electron chi connectivity index (χ1n) is 15.1.